The third-order valence-electron chi connectivity index (χ3n) is 9.95. The molecule has 2 saturated carbocycles. The molecule has 4 heteroatoms. The molecule has 3 fully saturated rings. The number of ether oxygens (including phenoxy) is 1. The van der Waals surface area contributed by atoms with Crippen molar-refractivity contribution in [2.45, 2.75) is 96.7 Å². The first-order valence-corrected chi connectivity index (χ1v) is 13.9. The number of rotatable bonds is 8. The monoisotopic (exact) mass is 454 g/mol. The number of likely N-dealkylation sites (tertiary alicyclic amines) is 1. The number of hydrogen-bond donors (Lipinski definition) is 2. The van der Waals surface area contributed by atoms with Crippen molar-refractivity contribution in [1.82, 2.24) is 10.2 Å². The molecular formula is C29H46N2O2. The van der Waals surface area contributed by atoms with Crippen molar-refractivity contribution in [3.05, 3.63) is 29.3 Å². The highest BCUT2D eigenvalue weighted by molar-refractivity contribution is 5.40. The van der Waals surface area contributed by atoms with Gasteiger partial charge in [-0.25, -0.2) is 0 Å². The summed E-state index contributed by atoms with van der Waals surface area (Å²) < 4.78 is 6.20. The lowest BCUT2D eigenvalue weighted by Crippen LogP contribution is -2.47. The Morgan fingerprint density at radius 2 is 2.06 bits per heavy atom. The Morgan fingerprint density at radius 1 is 1.21 bits per heavy atom. The molecule has 0 bridgehead atoms. The second-order valence-electron chi connectivity index (χ2n) is 11.8. The minimum absolute atomic E-state index is 0.346. The lowest BCUT2D eigenvalue weighted by atomic mass is 9.54. The number of fused-ring (bicyclic) bond motifs is 5. The third kappa shape index (κ3) is 4.60. The van der Waals surface area contributed by atoms with Crippen LogP contribution in [0.3, 0.4) is 0 Å². The molecular weight excluding hydrogens is 408 g/mol. The normalized spacial score (nSPS) is 36.8. The van der Waals surface area contributed by atoms with Crippen molar-refractivity contribution in [2.75, 3.05) is 26.2 Å². The summed E-state index contributed by atoms with van der Waals surface area (Å²) in [5.41, 5.74) is 3.51. The summed E-state index contributed by atoms with van der Waals surface area (Å²) in [4.78, 5) is 2.61. The Labute approximate surface area is 201 Å². The van der Waals surface area contributed by atoms with Crippen LogP contribution in [0.5, 0.6) is 5.75 Å². The average molecular weight is 455 g/mol. The first kappa shape index (κ1) is 23.6. The molecule has 0 spiro atoms. The maximum atomic E-state index is 10.9. The molecule has 4 nitrogen and oxygen atoms in total. The van der Waals surface area contributed by atoms with Crippen molar-refractivity contribution in [3.63, 3.8) is 0 Å². The number of nitrogens with one attached hydrogen (secondary N) is 1. The van der Waals surface area contributed by atoms with E-state index in [4.69, 9.17) is 4.74 Å². The fraction of sp³-hybridized carbons (Fsp3) is 0.793. The van der Waals surface area contributed by atoms with Gasteiger partial charge in [-0.3, -0.25) is 5.32 Å². The van der Waals surface area contributed by atoms with Crippen LogP contribution in [0.2, 0.25) is 0 Å². The summed E-state index contributed by atoms with van der Waals surface area (Å²) in [5.74, 6) is 3.48. The van der Waals surface area contributed by atoms with Crippen LogP contribution in [-0.2, 0) is 6.42 Å². The molecule has 7 atom stereocenters. The highest BCUT2D eigenvalue weighted by atomic mass is 16.5. The Morgan fingerprint density at radius 3 is 2.85 bits per heavy atom. The number of aryl methyl sites for hydroxylation is 1. The van der Waals surface area contributed by atoms with Gasteiger partial charge in [0.2, 0.25) is 0 Å². The molecule has 33 heavy (non-hydrogen) atoms. The van der Waals surface area contributed by atoms with Crippen molar-refractivity contribution in [1.29, 1.82) is 0 Å². The van der Waals surface area contributed by atoms with Gasteiger partial charge in [0.15, 0.2) is 0 Å². The summed E-state index contributed by atoms with van der Waals surface area (Å²) in [6.45, 7) is 11.1. The van der Waals surface area contributed by atoms with Crippen LogP contribution in [-0.4, -0.2) is 48.5 Å². The summed E-state index contributed by atoms with van der Waals surface area (Å²) in [7, 11) is 0. The third-order valence-corrected chi connectivity index (χ3v) is 9.95. The molecule has 7 unspecified atom stereocenters. The van der Waals surface area contributed by atoms with Crippen LogP contribution in [0.1, 0.15) is 89.2 Å². The van der Waals surface area contributed by atoms with E-state index in [9.17, 15) is 5.11 Å². The number of hydrogen-bond acceptors (Lipinski definition) is 4. The Balaban J connectivity index is 1.23. The molecule has 1 aliphatic heterocycles. The van der Waals surface area contributed by atoms with Crippen molar-refractivity contribution < 1.29 is 9.84 Å². The summed E-state index contributed by atoms with van der Waals surface area (Å²) in [5, 5.41) is 14.2. The number of nitrogens with zero attached hydrogens (tertiary/aromatic N) is 1. The van der Waals surface area contributed by atoms with E-state index in [2.05, 4.69) is 49.2 Å². The molecule has 3 aliphatic carbocycles. The van der Waals surface area contributed by atoms with E-state index < -0.39 is 0 Å². The van der Waals surface area contributed by atoms with E-state index in [1.165, 1.54) is 57.1 Å². The molecule has 1 aromatic carbocycles. The minimum atomic E-state index is -0.346. The molecule has 2 N–H and O–H groups in total. The minimum Gasteiger partial charge on any atom is -0.494 e. The maximum Gasteiger partial charge on any atom is 0.119 e. The Hall–Kier alpha value is -1.10. The van der Waals surface area contributed by atoms with E-state index in [0.717, 1.165) is 44.3 Å². The zero-order chi connectivity index (χ0) is 23.0. The fourth-order valence-electron chi connectivity index (χ4n) is 8.27. The Bertz CT molecular complexity index is 813. The van der Waals surface area contributed by atoms with Crippen molar-refractivity contribution in [3.8, 4) is 5.75 Å². The second-order valence-corrected chi connectivity index (χ2v) is 11.8. The zero-order valence-corrected chi connectivity index (χ0v) is 21.2. The highest BCUT2D eigenvalue weighted by Gasteiger charge is 2.55. The van der Waals surface area contributed by atoms with E-state index in [-0.39, 0.29) is 6.23 Å². The fourth-order valence-corrected chi connectivity index (χ4v) is 8.27. The number of benzene rings is 1. The van der Waals surface area contributed by atoms with Gasteiger partial charge in [0.25, 0.3) is 0 Å². The maximum absolute atomic E-state index is 10.9. The van der Waals surface area contributed by atoms with Crippen LogP contribution < -0.4 is 10.1 Å². The summed E-state index contributed by atoms with van der Waals surface area (Å²) >= 11 is 0. The van der Waals surface area contributed by atoms with Crippen LogP contribution in [0.25, 0.3) is 0 Å². The zero-order valence-electron chi connectivity index (χ0n) is 21.2. The molecule has 1 aromatic rings. The largest absolute Gasteiger partial charge is 0.494 e. The van der Waals surface area contributed by atoms with Crippen LogP contribution in [0.4, 0.5) is 0 Å². The van der Waals surface area contributed by atoms with Gasteiger partial charge in [-0.1, -0.05) is 19.9 Å². The van der Waals surface area contributed by atoms with E-state index in [0.29, 0.717) is 29.1 Å². The van der Waals surface area contributed by atoms with Gasteiger partial charge in [0.05, 0.1) is 6.61 Å². The van der Waals surface area contributed by atoms with E-state index in [1.807, 2.05) is 0 Å². The lowest BCUT2D eigenvalue weighted by Gasteiger charge is -2.51. The summed E-state index contributed by atoms with van der Waals surface area (Å²) in [6.07, 6.45) is 11.0. The molecule has 1 saturated heterocycles. The van der Waals surface area contributed by atoms with Gasteiger partial charge in [0, 0.05) is 18.5 Å². The van der Waals surface area contributed by atoms with Gasteiger partial charge in [-0.05, 0) is 124 Å². The first-order chi connectivity index (χ1) is 16.0. The van der Waals surface area contributed by atoms with Gasteiger partial charge < -0.3 is 14.7 Å². The molecule has 1 heterocycles. The van der Waals surface area contributed by atoms with Gasteiger partial charge in [-0.15, -0.1) is 0 Å². The molecule has 0 radical (unpaired) electrons. The first-order valence-electron chi connectivity index (χ1n) is 13.9. The predicted molar refractivity (Wildman–Crippen MR) is 135 cm³/mol. The van der Waals surface area contributed by atoms with Crippen LogP contribution in [0.15, 0.2) is 18.2 Å². The molecule has 0 amide bonds. The molecule has 0 aromatic heterocycles. The van der Waals surface area contributed by atoms with Crippen molar-refractivity contribution >= 4 is 0 Å². The van der Waals surface area contributed by atoms with Crippen LogP contribution >= 0.6 is 0 Å². The van der Waals surface area contributed by atoms with Gasteiger partial charge >= 0.3 is 0 Å². The van der Waals surface area contributed by atoms with Gasteiger partial charge in [0.1, 0.15) is 12.0 Å². The van der Waals surface area contributed by atoms with E-state index in [1.54, 1.807) is 5.56 Å². The SMILES string of the molecule is CCNC(O)C1CCC2(C)CCC3c4ccc(OCCCN5CCCC5C)cc4CCC3C12. The van der Waals surface area contributed by atoms with Gasteiger partial charge in [-0.2, -0.15) is 0 Å². The number of aliphatic hydroxyl groups excluding tert-OH is 1. The number of aliphatic hydroxyl groups is 1. The molecule has 4 aliphatic rings. The topological polar surface area (TPSA) is 44.7 Å². The quantitative estimate of drug-likeness (QED) is 0.411. The molecule has 184 valence electrons. The molecule has 5 rings (SSSR count). The van der Waals surface area contributed by atoms with Crippen LogP contribution in [0, 0.1) is 23.2 Å². The predicted octanol–water partition coefficient (Wildman–Crippen LogP) is 5.34. The standard InChI is InChI=1S/C29H46N2O2/c1-4-30-28(32)26-13-15-29(3)14-12-24-23-11-9-22(19-21(23)8-10-25(24)27(26)29)33-18-6-17-31-16-5-7-20(31)2/h9,11,19-20,24-28,30,32H,4-8,10,12-18H2,1-3H3. The van der Waals surface area contributed by atoms with E-state index >= 15 is 0 Å². The second kappa shape index (κ2) is 9.87. The smallest absolute Gasteiger partial charge is 0.119 e. The highest BCUT2D eigenvalue weighted by Crippen LogP contribution is 2.63. The average Bonchev–Trinajstić information content (AvgIpc) is 3.39. The summed E-state index contributed by atoms with van der Waals surface area (Å²) in [6, 6.07) is 7.71. The van der Waals surface area contributed by atoms with Crippen molar-refractivity contribution in [2.24, 2.45) is 23.2 Å². The lowest BCUT2D eigenvalue weighted by molar-refractivity contribution is -0.0226. The Kier molecular flexibility index (Phi) is 7.07.